The summed E-state index contributed by atoms with van der Waals surface area (Å²) >= 11 is 1.58. The van der Waals surface area contributed by atoms with Gasteiger partial charge in [0.15, 0.2) is 0 Å². The number of fused-ring (bicyclic) bond motifs is 2. The number of nitrogens with zero attached hydrogens (tertiary/aromatic N) is 1. The number of hydrogen-bond donors (Lipinski definition) is 3. The normalized spacial score (nSPS) is 18.0. The molecule has 0 unspecified atom stereocenters. The Morgan fingerprint density at radius 1 is 1.27 bits per heavy atom. The Bertz CT molecular complexity index is 766. The van der Waals surface area contributed by atoms with Crippen molar-refractivity contribution in [2.75, 3.05) is 26.2 Å². The van der Waals surface area contributed by atoms with Crippen LogP contribution in [0.2, 0.25) is 0 Å². The smallest absolute Gasteiger partial charge is 0.261 e. The highest BCUT2D eigenvalue weighted by Crippen LogP contribution is 2.25. The lowest BCUT2D eigenvalue weighted by atomic mass is 10.00. The highest BCUT2D eigenvalue weighted by molar-refractivity contribution is 7.14. The lowest BCUT2D eigenvalue weighted by molar-refractivity contribution is 0.0845. The van der Waals surface area contributed by atoms with Crippen LogP contribution in [0.15, 0.2) is 30.3 Å². The number of hydrogen-bond acceptors (Lipinski definition) is 5. The molecular weight excluding hydrogens is 346 g/mol. The van der Waals surface area contributed by atoms with Crippen LogP contribution in [0.4, 0.5) is 0 Å². The Balaban J connectivity index is 1.27. The van der Waals surface area contributed by atoms with Gasteiger partial charge in [0.1, 0.15) is 0 Å². The van der Waals surface area contributed by atoms with E-state index in [2.05, 4.69) is 39.8 Å². The number of benzene rings is 1. The monoisotopic (exact) mass is 371 g/mol. The molecule has 0 saturated carbocycles. The average Bonchev–Trinajstić information content (AvgIpc) is 3.10. The molecule has 0 radical (unpaired) electrons. The maximum atomic E-state index is 12.4. The third-order valence-electron chi connectivity index (χ3n) is 5.14. The molecule has 0 saturated heterocycles. The summed E-state index contributed by atoms with van der Waals surface area (Å²) < 4.78 is 0. The van der Waals surface area contributed by atoms with Gasteiger partial charge in [0.05, 0.1) is 11.0 Å². The maximum Gasteiger partial charge on any atom is 0.261 e. The van der Waals surface area contributed by atoms with Crippen molar-refractivity contribution in [1.29, 1.82) is 0 Å². The molecule has 2 aliphatic heterocycles. The van der Waals surface area contributed by atoms with Gasteiger partial charge < -0.3 is 15.7 Å². The summed E-state index contributed by atoms with van der Waals surface area (Å²) in [7, 11) is 0. The number of aliphatic hydroxyl groups is 1. The molecule has 4 rings (SSSR count). The van der Waals surface area contributed by atoms with Crippen molar-refractivity contribution in [1.82, 2.24) is 15.5 Å². The number of rotatable bonds is 5. The molecule has 1 aromatic carbocycles. The third kappa shape index (κ3) is 3.99. The van der Waals surface area contributed by atoms with E-state index in [1.807, 2.05) is 6.07 Å². The van der Waals surface area contributed by atoms with Gasteiger partial charge in [0.2, 0.25) is 0 Å². The molecule has 5 nitrogen and oxygen atoms in total. The second-order valence-corrected chi connectivity index (χ2v) is 8.24. The van der Waals surface area contributed by atoms with E-state index in [1.54, 1.807) is 11.3 Å². The molecule has 2 aromatic rings. The Morgan fingerprint density at radius 3 is 2.96 bits per heavy atom. The molecule has 0 spiro atoms. The fourth-order valence-electron chi connectivity index (χ4n) is 3.73. The minimum absolute atomic E-state index is 0.0764. The molecule has 1 aromatic heterocycles. The summed E-state index contributed by atoms with van der Waals surface area (Å²) in [6.07, 6.45) is 1.46. The zero-order valence-corrected chi connectivity index (χ0v) is 15.6. The first-order chi connectivity index (χ1) is 12.7. The van der Waals surface area contributed by atoms with Crippen molar-refractivity contribution >= 4 is 17.2 Å². The minimum atomic E-state index is -0.555. The summed E-state index contributed by atoms with van der Waals surface area (Å²) in [4.78, 5) is 16.7. The molecule has 0 bridgehead atoms. The van der Waals surface area contributed by atoms with E-state index >= 15 is 0 Å². The molecule has 1 amide bonds. The standard InChI is InChI=1S/C20H25N3O2S/c24-17(13-23-8-6-14-3-1-2-4-15(14)12-23)11-22-20(25)19-9-16-10-21-7-5-18(16)26-19/h1-4,9,17,21,24H,5-8,10-13H2,(H,22,25)/t17-/m1/s1. The van der Waals surface area contributed by atoms with E-state index in [9.17, 15) is 9.90 Å². The molecular formula is C20H25N3O2S. The van der Waals surface area contributed by atoms with Gasteiger partial charge in [0, 0.05) is 44.1 Å². The van der Waals surface area contributed by atoms with Crippen molar-refractivity contribution < 1.29 is 9.90 Å². The number of carbonyl (C=O) groups is 1. The lowest BCUT2D eigenvalue weighted by Gasteiger charge is -2.30. The fourth-order valence-corrected chi connectivity index (χ4v) is 4.83. The predicted molar refractivity (Wildman–Crippen MR) is 103 cm³/mol. The topological polar surface area (TPSA) is 64.6 Å². The molecule has 2 aliphatic rings. The summed E-state index contributed by atoms with van der Waals surface area (Å²) in [5.74, 6) is -0.0764. The molecule has 6 heteroatoms. The summed E-state index contributed by atoms with van der Waals surface area (Å²) in [6.45, 7) is 4.51. The number of nitrogens with one attached hydrogen (secondary N) is 2. The van der Waals surface area contributed by atoms with Gasteiger partial charge >= 0.3 is 0 Å². The van der Waals surface area contributed by atoms with E-state index in [-0.39, 0.29) is 12.5 Å². The molecule has 0 aliphatic carbocycles. The molecule has 3 heterocycles. The van der Waals surface area contributed by atoms with Crippen molar-refractivity contribution in [3.63, 3.8) is 0 Å². The average molecular weight is 372 g/mol. The van der Waals surface area contributed by atoms with Crippen LogP contribution in [-0.4, -0.2) is 48.2 Å². The molecule has 1 atom stereocenters. The van der Waals surface area contributed by atoms with Crippen molar-refractivity contribution in [2.24, 2.45) is 0 Å². The lowest BCUT2D eigenvalue weighted by Crippen LogP contribution is -2.41. The van der Waals surface area contributed by atoms with Crippen LogP contribution >= 0.6 is 11.3 Å². The van der Waals surface area contributed by atoms with Crippen LogP contribution in [0.3, 0.4) is 0 Å². The number of thiophene rings is 1. The van der Waals surface area contributed by atoms with Gasteiger partial charge in [-0.05, 0) is 35.6 Å². The highest BCUT2D eigenvalue weighted by Gasteiger charge is 2.20. The zero-order chi connectivity index (χ0) is 17.9. The van der Waals surface area contributed by atoms with Gasteiger partial charge in [-0.1, -0.05) is 24.3 Å². The number of carbonyl (C=O) groups excluding carboxylic acids is 1. The number of β-amino-alcohol motifs (C(OH)–C–C–N with tert-alkyl or cyclic N) is 1. The first-order valence-corrected chi connectivity index (χ1v) is 10.1. The van der Waals surface area contributed by atoms with E-state index in [1.165, 1.54) is 21.6 Å². The Kier molecular flexibility index (Phi) is 5.36. The Labute approximate surface area is 158 Å². The van der Waals surface area contributed by atoms with E-state index in [0.29, 0.717) is 6.54 Å². The number of aliphatic hydroxyl groups excluding tert-OH is 1. The van der Waals surface area contributed by atoms with Gasteiger partial charge in [0.25, 0.3) is 5.91 Å². The predicted octanol–water partition coefficient (Wildman–Crippen LogP) is 1.54. The van der Waals surface area contributed by atoms with Crippen LogP contribution in [0.25, 0.3) is 0 Å². The van der Waals surface area contributed by atoms with Gasteiger partial charge in [-0.15, -0.1) is 11.3 Å². The van der Waals surface area contributed by atoms with Crippen molar-refractivity contribution in [3.05, 3.63) is 56.8 Å². The fraction of sp³-hybridized carbons (Fsp3) is 0.450. The molecule has 26 heavy (non-hydrogen) atoms. The minimum Gasteiger partial charge on any atom is -0.390 e. The first-order valence-electron chi connectivity index (χ1n) is 9.27. The van der Waals surface area contributed by atoms with E-state index < -0.39 is 6.10 Å². The van der Waals surface area contributed by atoms with Crippen molar-refractivity contribution in [2.45, 2.75) is 32.0 Å². The number of amides is 1. The molecule has 3 N–H and O–H groups in total. The zero-order valence-electron chi connectivity index (χ0n) is 14.8. The van der Waals surface area contributed by atoms with Crippen LogP contribution in [0.1, 0.15) is 31.2 Å². The third-order valence-corrected chi connectivity index (χ3v) is 6.38. The summed E-state index contributed by atoms with van der Waals surface area (Å²) in [6, 6.07) is 10.5. The van der Waals surface area contributed by atoms with E-state index in [0.717, 1.165) is 43.9 Å². The van der Waals surface area contributed by atoms with Crippen LogP contribution in [0.5, 0.6) is 0 Å². The van der Waals surface area contributed by atoms with Crippen LogP contribution in [-0.2, 0) is 25.9 Å². The summed E-state index contributed by atoms with van der Waals surface area (Å²) in [5, 5.41) is 16.6. The largest absolute Gasteiger partial charge is 0.390 e. The van der Waals surface area contributed by atoms with Crippen LogP contribution < -0.4 is 10.6 Å². The van der Waals surface area contributed by atoms with Crippen molar-refractivity contribution in [3.8, 4) is 0 Å². The van der Waals surface area contributed by atoms with Gasteiger partial charge in [-0.3, -0.25) is 9.69 Å². The van der Waals surface area contributed by atoms with Crippen LogP contribution in [0, 0.1) is 0 Å². The quantitative estimate of drug-likeness (QED) is 0.746. The molecule has 0 fully saturated rings. The summed E-state index contributed by atoms with van der Waals surface area (Å²) in [5.41, 5.74) is 3.98. The Morgan fingerprint density at radius 2 is 2.12 bits per heavy atom. The SMILES string of the molecule is O=C(NC[C@@H](O)CN1CCc2ccccc2C1)c1cc2c(s1)CCNC2. The highest BCUT2D eigenvalue weighted by atomic mass is 32.1. The Hall–Kier alpha value is -1.73. The van der Waals surface area contributed by atoms with E-state index in [4.69, 9.17) is 0 Å². The first kappa shape index (κ1) is 17.7. The van der Waals surface area contributed by atoms with Gasteiger partial charge in [-0.2, -0.15) is 0 Å². The molecule has 138 valence electrons. The van der Waals surface area contributed by atoms with Gasteiger partial charge in [-0.25, -0.2) is 0 Å². The second kappa shape index (κ2) is 7.88. The maximum absolute atomic E-state index is 12.4. The second-order valence-electron chi connectivity index (χ2n) is 7.10.